The summed E-state index contributed by atoms with van der Waals surface area (Å²) in [6.07, 6.45) is 4.62. The third-order valence-corrected chi connectivity index (χ3v) is 5.54. The molecule has 0 aliphatic carbocycles. The first-order valence-corrected chi connectivity index (χ1v) is 9.94. The number of piperidine rings is 1. The number of nitrogens with one attached hydrogen (secondary N) is 1. The zero-order chi connectivity index (χ0) is 20.2. The van der Waals surface area contributed by atoms with Crippen LogP contribution in [0.1, 0.15) is 23.2 Å². The van der Waals surface area contributed by atoms with Gasteiger partial charge in [-0.3, -0.25) is 4.79 Å². The summed E-state index contributed by atoms with van der Waals surface area (Å²) < 4.78 is 6.29. The highest BCUT2D eigenvalue weighted by molar-refractivity contribution is 7.14. The van der Waals surface area contributed by atoms with E-state index in [1.807, 2.05) is 17.0 Å². The lowest BCUT2D eigenvalue weighted by Crippen LogP contribution is -2.41. The van der Waals surface area contributed by atoms with E-state index in [4.69, 9.17) is 4.74 Å². The van der Waals surface area contributed by atoms with Crippen LogP contribution >= 0.6 is 11.3 Å². The number of nitrogens with zero attached hydrogens (tertiary/aromatic N) is 6. The number of ether oxygens (including phenoxy) is 1. The van der Waals surface area contributed by atoms with Gasteiger partial charge in [0.05, 0.1) is 18.6 Å². The predicted octanol–water partition coefficient (Wildman–Crippen LogP) is 1.76. The number of hydrogen-bond acceptors (Lipinski definition) is 9. The van der Waals surface area contributed by atoms with E-state index in [9.17, 15) is 9.59 Å². The van der Waals surface area contributed by atoms with Gasteiger partial charge in [0, 0.05) is 13.1 Å². The molecule has 1 aliphatic heterocycles. The highest BCUT2D eigenvalue weighted by atomic mass is 32.1. The second kappa shape index (κ2) is 8.35. The van der Waals surface area contributed by atoms with E-state index >= 15 is 0 Å². The summed E-state index contributed by atoms with van der Waals surface area (Å²) in [5, 5.41) is 17.6. The minimum absolute atomic E-state index is 0.116. The Balaban J connectivity index is 1.42. The molecule has 0 aromatic carbocycles. The van der Waals surface area contributed by atoms with Gasteiger partial charge in [-0.15, -0.1) is 21.5 Å². The number of thiophene rings is 1. The third-order valence-electron chi connectivity index (χ3n) is 4.71. The molecule has 4 heterocycles. The van der Waals surface area contributed by atoms with Crippen LogP contribution in [0, 0.1) is 5.92 Å². The summed E-state index contributed by atoms with van der Waals surface area (Å²) in [6.45, 7) is 1.33. The molecule has 11 heteroatoms. The van der Waals surface area contributed by atoms with Gasteiger partial charge in [0.25, 0.3) is 0 Å². The maximum atomic E-state index is 12.8. The van der Waals surface area contributed by atoms with E-state index in [0.29, 0.717) is 28.7 Å². The largest absolute Gasteiger partial charge is 0.465 e. The molecule has 0 bridgehead atoms. The number of anilines is 2. The second-order valence-electron chi connectivity index (χ2n) is 6.52. The lowest BCUT2D eigenvalue weighted by Gasteiger charge is -2.32. The number of hydrogen-bond donors (Lipinski definition) is 1. The molecule has 0 spiro atoms. The van der Waals surface area contributed by atoms with Gasteiger partial charge >= 0.3 is 5.97 Å². The Morgan fingerprint density at radius 1 is 1.24 bits per heavy atom. The first-order chi connectivity index (χ1) is 14.2. The topological polar surface area (TPSA) is 115 Å². The molecule has 1 fully saturated rings. The number of amides is 1. The molecule has 1 N–H and O–H groups in total. The Bertz CT molecular complexity index is 987. The van der Waals surface area contributed by atoms with Crippen LogP contribution in [0.5, 0.6) is 0 Å². The Morgan fingerprint density at radius 2 is 2.07 bits per heavy atom. The summed E-state index contributed by atoms with van der Waals surface area (Å²) in [6, 6.07) is 5.32. The van der Waals surface area contributed by atoms with Gasteiger partial charge in [0.1, 0.15) is 17.7 Å². The predicted molar refractivity (Wildman–Crippen MR) is 106 cm³/mol. The molecule has 3 aromatic heterocycles. The summed E-state index contributed by atoms with van der Waals surface area (Å²) in [4.78, 5) is 30.5. The van der Waals surface area contributed by atoms with Crippen molar-refractivity contribution in [3.63, 3.8) is 0 Å². The molecule has 4 rings (SSSR count). The van der Waals surface area contributed by atoms with Crippen molar-refractivity contribution in [1.82, 2.24) is 25.0 Å². The maximum Gasteiger partial charge on any atom is 0.340 e. The smallest absolute Gasteiger partial charge is 0.340 e. The number of esters is 1. The number of carbonyl (C=O) groups is 2. The van der Waals surface area contributed by atoms with Gasteiger partial charge in [-0.2, -0.15) is 5.10 Å². The zero-order valence-corrected chi connectivity index (χ0v) is 16.5. The van der Waals surface area contributed by atoms with Gasteiger partial charge in [-0.25, -0.2) is 14.5 Å². The maximum absolute atomic E-state index is 12.8. The van der Waals surface area contributed by atoms with Crippen molar-refractivity contribution < 1.29 is 14.3 Å². The first kappa shape index (κ1) is 19.0. The lowest BCUT2D eigenvalue weighted by atomic mass is 9.97. The molecule has 1 amide bonds. The Hall–Kier alpha value is -3.34. The van der Waals surface area contributed by atoms with Crippen LogP contribution in [0.15, 0.2) is 36.2 Å². The highest BCUT2D eigenvalue weighted by Crippen LogP contribution is 2.27. The van der Waals surface area contributed by atoms with Gasteiger partial charge in [-0.1, -0.05) is 0 Å². The monoisotopic (exact) mass is 413 g/mol. The molecule has 1 aliphatic rings. The summed E-state index contributed by atoms with van der Waals surface area (Å²) in [5.41, 5.74) is 0.369. The third kappa shape index (κ3) is 4.09. The minimum Gasteiger partial charge on any atom is -0.465 e. The molecular weight excluding hydrogens is 394 g/mol. The van der Waals surface area contributed by atoms with Crippen LogP contribution in [0.4, 0.5) is 10.8 Å². The summed E-state index contributed by atoms with van der Waals surface area (Å²) in [7, 11) is 1.32. The Kier molecular flexibility index (Phi) is 5.47. The molecule has 0 saturated carbocycles. The van der Waals surface area contributed by atoms with E-state index in [1.165, 1.54) is 29.5 Å². The number of aromatic nitrogens is 5. The van der Waals surface area contributed by atoms with Gasteiger partial charge in [-0.05, 0) is 36.4 Å². The van der Waals surface area contributed by atoms with Crippen LogP contribution in [0.25, 0.3) is 5.82 Å². The molecule has 150 valence electrons. The summed E-state index contributed by atoms with van der Waals surface area (Å²) in [5.74, 6) is 0.487. The standard InChI is InChI=1S/C18H19N7O3S/c1-28-18(27)13-6-8-29-17(13)21-16(26)12-3-2-7-24(9-12)14-4-5-15(23-22-14)25-11-19-10-20-25/h4-6,8,10-12H,2-3,7,9H2,1H3,(H,21,26)/t12-/m0/s1. The average molecular weight is 413 g/mol. The lowest BCUT2D eigenvalue weighted by molar-refractivity contribution is -0.120. The fourth-order valence-electron chi connectivity index (χ4n) is 3.23. The quantitative estimate of drug-likeness (QED) is 0.629. The van der Waals surface area contributed by atoms with Crippen LogP contribution in [0.3, 0.4) is 0 Å². The molecule has 0 radical (unpaired) electrons. The number of carbonyl (C=O) groups excluding carboxylic acids is 2. The molecule has 3 aromatic rings. The normalized spacial score (nSPS) is 16.4. The molecule has 1 atom stereocenters. The van der Waals surface area contributed by atoms with Gasteiger partial charge in [0.2, 0.25) is 5.91 Å². The van der Waals surface area contributed by atoms with E-state index in [2.05, 4.69) is 25.6 Å². The van der Waals surface area contributed by atoms with E-state index < -0.39 is 5.97 Å². The highest BCUT2D eigenvalue weighted by Gasteiger charge is 2.28. The molecule has 1 saturated heterocycles. The van der Waals surface area contributed by atoms with Crippen molar-refractivity contribution in [2.75, 3.05) is 30.4 Å². The fourth-order valence-corrected chi connectivity index (χ4v) is 4.00. The van der Waals surface area contributed by atoms with E-state index in [0.717, 1.165) is 19.4 Å². The minimum atomic E-state index is -0.463. The number of rotatable bonds is 5. The summed E-state index contributed by atoms with van der Waals surface area (Å²) >= 11 is 1.30. The molecule has 10 nitrogen and oxygen atoms in total. The molecule has 0 unspecified atom stereocenters. The van der Waals surface area contributed by atoms with Gasteiger partial charge < -0.3 is 15.0 Å². The fraction of sp³-hybridized carbons (Fsp3) is 0.333. The Morgan fingerprint density at radius 3 is 2.79 bits per heavy atom. The SMILES string of the molecule is COC(=O)c1ccsc1NC(=O)[C@H]1CCCN(c2ccc(-n3cncn3)nn2)C1. The van der Waals surface area contributed by atoms with Crippen molar-refractivity contribution in [3.05, 3.63) is 41.8 Å². The van der Waals surface area contributed by atoms with Gasteiger partial charge in [0.15, 0.2) is 11.6 Å². The zero-order valence-electron chi connectivity index (χ0n) is 15.7. The Labute approximate surface area is 170 Å². The van der Waals surface area contributed by atoms with E-state index in [1.54, 1.807) is 17.8 Å². The number of methoxy groups -OCH3 is 1. The van der Waals surface area contributed by atoms with Crippen LogP contribution in [-0.2, 0) is 9.53 Å². The molecular formula is C18H19N7O3S. The van der Waals surface area contributed by atoms with Crippen molar-refractivity contribution in [2.24, 2.45) is 5.92 Å². The van der Waals surface area contributed by atoms with Crippen molar-refractivity contribution >= 4 is 34.0 Å². The van der Waals surface area contributed by atoms with Crippen molar-refractivity contribution in [2.45, 2.75) is 12.8 Å². The van der Waals surface area contributed by atoms with Crippen molar-refractivity contribution in [1.29, 1.82) is 0 Å². The average Bonchev–Trinajstić information content (AvgIpc) is 3.46. The van der Waals surface area contributed by atoms with Crippen LogP contribution in [0.2, 0.25) is 0 Å². The first-order valence-electron chi connectivity index (χ1n) is 9.06. The molecule has 29 heavy (non-hydrogen) atoms. The van der Waals surface area contributed by atoms with Crippen LogP contribution in [-0.4, -0.2) is 57.0 Å². The van der Waals surface area contributed by atoms with Crippen molar-refractivity contribution in [3.8, 4) is 5.82 Å². The van der Waals surface area contributed by atoms with Crippen LogP contribution < -0.4 is 10.2 Å². The van der Waals surface area contributed by atoms with E-state index in [-0.39, 0.29) is 11.8 Å². The second-order valence-corrected chi connectivity index (χ2v) is 7.44.